The summed E-state index contributed by atoms with van der Waals surface area (Å²) >= 11 is 0. The highest BCUT2D eigenvalue weighted by Crippen LogP contribution is 2.38. The van der Waals surface area contributed by atoms with Crippen LogP contribution in [0.1, 0.15) is 49.1 Å². The standard InChI is InChI=1S/C22H24F4N4O/c1-2-16-10-20(30-21(28-16)11-19(29-30)22(24,25)26)27-12-14-9-17(31)7-8-18(14)13-3-5-15(23)6-4-13/h3-6,10-11,14,17-18,27,31H,2,7-9,12H2,1H3. The minimum absolute atomic E-state index is 0.0279. The number of anilines is 1. The van der Waals surface area contributed by atoms with E-state index in [0.29, 0.717) is 37.3 Å². The summed E-state index contributed by atoms with van der Waals surface area (Å²) in [5, 5.41) is 17.1. The Labute approximate surface area is 177 Å². The number of fused-ring (bicyclic) bond motifs is 1. The van der Waals surface area contributed by atoms with Gasteiger partial charge in [-0.2, -0.15) is 22.8 Å². The molecule has 1 aromatic carbocycles. The Balaban J connectivity index is 1.61. The maximum atomic E-state index is 13.3. The molecule has 2 heterocycles. The van der Waals surface area contributed by atoms with E-state index in [-0.39, 0.29) is 23.3 Å². The van der Waals surface area contributed by atoms with Crippen molar-refractivity contribution in [1.82, 2.24) is 14.6 Å². The van der Waals surface area contributed by atoms with Crippen molar-refractivity contribution in [1.29, 1.82) is 0 Å². The quantitative estimate of drug-likeness (QED) is 0.564. The molecule has 1 saturated carbocycles. The number of aromatic nitrogens is 3. The van der Waals surface area contributed by atoms with Crippen molar-refractivity contribution >= 4 is 11.5 Å². The van der Waals surface area contributed by atoms with Crippen LogP contribution in [-0.2, 0) is 12.6 Å². The lowest BCUT2D eigenvalue weighted by molar-refractivity contribution is -0.141. The first-order valence-electron chi connectivity index (χ1n) is 10.4. The fourth-order valence-electron chi connectivity index (χ4n) is 4.32. The Bertz CT molecular complexity index is 1050. The third-order valence-electron chi connectivity index (χ3n) is 5.93. The summed E-state index contributed by atoms with van der Waals surface area (Å²) in [7, 11) is 0. The fourth-order valence-corrected chi connectivity index (χ4v) is 4.32. The van der Waals surface area contributed by atoms with Gasteiger partial charge in [-0.1, -0.05) is 19.1 Å². The topological polar surface area (TPSA) is 62.5 Å². The minimum atomic E-state index is -4.56. The van der Waals surface area contributed by atoms with Crippen molar-refractivity contribution in [2.75, 3.05) is 11.9 Å². The third kappa shape index (κ3) is 4.66. The lowest BCUT2D eigenvalue weighted by Gasteiger charge is -2.35. The zero-order chi connectivity index (χ0) is 22.2. The van der Waals surface area contributed by atoms with E-state index < -0.39 is 18.0 Å². The van der Waals surface area contributed by atoms with Crippen LogP contribution in [0, 0.1) is 11.7 Å². The van der Waals surface area contributed by atoms with Crippen LogP contribution in [0.4, 0.5) is 23.4 Å². The number of halogens is 4. The number of benzene rings is 1. The van der Waals surface area contributed by atoms with Gasteiger partial charge in [0.05, 0.1) is 6.10 Å². The molecule has 3 unspecified atom stereocenters. The molecule has 0 radical (unpaired) electrons. The molecule has 0 amide bonds. The van der Waals surface area contributed by atoms with Crippen molar-refractivity contribution < 1.29 is 22.7 Å². The maximum absolute atomic E-state index is 13.3. The number of aliphatic hydroxyl groups excluding tert-OH is 1. The van der Waals surface area contributed by atoms with Crippen LogP contribution in [0.2, 0.25) is 0 Å². The molecule has 1 aliphatic carbocycles. The Morgan fingerprint density at radius 1 is 1.16 bits per heavy atom. The second-order valence-corrected chi connectivity index (χ2v) is 8.05. The van der Waals surface area contributed by atoms with E-state index in [4.69, 9.17) is 0 Å². The van der Waals surface area contributed by atoms with Gasteiger partial charge in [-0.05, 0) is 55.2 Å². The van der Waals surface area contributed by atoms with E-state index in [1.54, 1.807) is 18.2 Å². The van der Waals surface area contributed by atoms with E-state index in [0.717, 1.165) is 18.1 Å². The molecule has 0 saturated heterocycles. The molecular weight excluding hydrogens is 412 g/mol. The van der Waals surface area contributed by atoms with Gasteiger partial charge in [-0.3, -0.25) is 0 Å². The van der Waals surface area contributed by atoms with Gasteiger partial charge in [0.15, 0.2) is 11.3 Å². The molecule has 1 fully saturated rings. The van der Waals surface area contributed by atoms with Crippen LogP contribution in [0.25, 0.3) is 5.65 Å². The van der Waals surface area contributed by atoms with Gasteiger partial charge in [0.1, 0.15) is 11.6 Å². The summed E-state index contributed by atoms with van der Waals surface area (Å²) in [5.74, 6) is 0.262. The first-order chi connectivity index (χ1) is 14.7. The van der Waals surface area contributed by atoms with Crippen molar-refractivity contribution in [3.63, 3.8) is 0 Å². The van der Waals surface area contributed by atoms with Crippen LogP contribution in [0.5, 0.6) is 0 Å². The number of aliphatic hydroxyl groups is 1. The number of alkyl halides is 3. The van der Waals surface area contributed by atoms with Crippen molar-refractivity contribution in [3.05, 3.63) is 59.2 Å². The van der Waals surface area contributed by atoms with E-state index in [1.807, 2.05) is 6.92 Å². The second kappa shape index (κ2) is 8.45. The molecule has 0 bridgehead atoms. The van der Waals surface area contributed by atoms with Crippen molar-refractivity contribution in [3.8, 4) is 0 Å². The largest absolute Gasteiger partial charge is 0.435 e. The average Bonchev–Trinajstić information content (AvgIpc) is 3.18. The Hall–Kier alpha value is -2.68. The van der Waals surface area contributed by atoms with Gasteiger partial charge >= 0.3 is 6.18 Å². The SMILES string of the molecule is CCc1cc(NCC2CC(O)CCC2c2ccc(F)cc2)n2nc(C(F)(F)F)cc2n1. The molecule has 3 aromatic rings. The van der Waals surface area contributed by atoms with Crippen LogP contribution in [0.3, 0.4) is 0 Å². The normalized spacial score (nSPS) is 22.1. The first-order valence-corrected chi connectivity index (χ1v) is 10.4. The number of hydrogen-bond acceptors (Lipinski definition) is 4. The summed E-state index contributed by atoms with van der Waals surface area (Å²) in [5.41, 5.74) is 0.788. The van der Waals surface area contributed by atoms with E-state index >= 15 is 0 Å². The highest BCUT2D eigenvalue weighted by Gasteiger charge is 2.35. The second-order valence-electron chi connectivity index (χ2n) is 8.05. The van der Waals surface area contributed by atoms with Crippen LogP contribution < -0.4 is 5.32 Å². The number of rotatable bonds is 5. The Morgan fingerprint density at radius 3 is 2.58 bits per heavy atom. The smallest absolute Gasteiger partial charge is 0.393 e. The van der Waals surface area contributed by atoms with Gasteiger partial charge in [0.2, 0.25) is 0 Å². The van der Waals surface area contributed by atoms with E-state index in [1.165, 1.54) is 16.6 Å². The molecule has 2 N–H and O–H groups in total. The summed E-state index contributed by atoms with van der Waals surface area (Å²) in [6.07, 6.45) is -2.46. The molecule has 4 rings (SSSR count). The highest BCUT2D eigenvalue weighted by molar-refractivity contribution is 5.51. The molecule has 3 atom stereocenters. The summed E-state index contributed by atoms with van der Waals surface area (Å²) in [6.45, 7) is 2.31. The maximum Gasteiger partial charge on any atom is 0.435 e. The minimum Gasteiger partial charge on any atom is -0.393 e. The molecule has 5 nitrogen and oxygen atoms in total. The van der Waals surface area contributed by atoms with E-state index in [2.05, 4.69) is 15.4 Å². The molecule has 0 aliphatic heterocycles. The number of hydrogen-bond donors (Lipinski definition) is 2. The van der Waals surface area contributed by atoms with Gasteiger partial charge < -0.3 is 10.4 Å². The number of nitrogens with zero attached hydrogens (tertiary/aromatic N) is 3. The van der Waals surface area contributed by atoms with Gasteiger partial charge in [-0.15, -0.1) is 0 Å². The molecule has 9 heteroatoms. The molecule has 1 aliphatic rings. The summed E-state index contributed by atoms with van der Waals surface area (Å²) in [6, 6.07) is 9.00. The van der Waals surface area contributed by atoms with Crippen molar-refractivity contribution in [2.24, 2.45) is 5.92 Å². The highest BCUT2D eigenvalue weighted by atomic mass is 19.4. The van der Waals surface area contributed by atoms with E-state index in [9.17, 15) is 22.7 Å². The first kappa shape index (κ1) is 21.5. The molecule has 0 spiro atoms. The van der Waals surface area contributed by atoms with Gasteiger partial charge in [0, 0.05) is 24.4 Å². The van der Waals surface area contributed by atoms with Crippen LogP contribution in [0.15, 0.2) is 36.4 Å². The average molecular weight is 436 g/mol. The van der Waals surface area contributed by atoms with Crippen LogP contribution >= 0.6 is 0 Å². The fraction of sp³-hybridized carbons (Fsp3) is 0.455. The number of nitrogens with one attached hydrogen (secondary N) is 1. The summed E-state index contributed by atoms with van der Waals surface area (Å²) in [4.78, 5) is 4.25. The zero-order valence-corrected chi connectivity index (χ0v) is 17.0. The summed E-state index contributed by atoms with van der Waals surface area (Å²) < 4.78 is 54.0. The van der Waals surface area contributed by atoms with Crippen LogP contribution in [-0.4, -0.2) is 32.4 Å². The Kier molecular flexibility index (Phi) is 5.88. The monoisotopic (exact) mass is 436 g/mol. The lowest BCUT2D eigenvalue weighted by atomic mass is 9.74. The van der Waals surface area contributed by atoms with Gasteiger partial charge in [-0.25, -0.2) is 9.37 Å². The predicted molar refractivity (Wildman–Crippen MR) is 108 cm³/mol. The number of aryl methyl sites for hydroxylation is 1. The van der Waals surface area contributed by atoms with Gasteiger partial charge in [0.25, 0.3) is 0 Å². The zero-order valence-electron chi connectivity index (χ0n) is 17.0. The molecule has 2 aromatic heterocycles. The lowest BCUT2D eigenvalue weighted by Crippen LogP contribution is -2.31. The molecule has 166 valence electrons. The molecule has 31 heavy (non-hydrogen) atoms. The third-order valence-corrected chi connectivity index (χ3v) is 5.93. The molecular formula is C22H24F4N4O. The Morgan fingerprint density at radius 2 is 1.90 bits per heavy atom. The predicted octanol–water partition coefficient (Wildman–Crippen LogP) is 4.81. The van der Waals surface area contributed by atoms with Crippen molar-refractivity contribution in [2.45, 2.75) is 50.8 Å².